The number of nitrogens with one attached hydrogen (secondary N) is 1. The standard InChI is InChI=1S/C9H17NO2S/c11-9(12)2-1-4-10-6-8-3-5-13-7-8/h8,10H,1-7H2,(H,11,12). The minimum Gasteiger partial charge on any atom is -0.481 e. The van der Waals surface area contributed by atoms with E-state index in [9.17, 15) is 4.79 Å². The summed E-state index contributed by atoms with van der Waals surface area (Å²) in [5, 5.41) is 11.7. The molecule has 2 N–H and O–H groups in total. The maximum Gasteiger partial charge on any atom is 0.303 e. The number of carboxylic acids is 1. The highest BCUT2D eigenvalue weighted by atomic mass is 32.2. The molecule has 0 radical (unpaired) electrons. The van der Waals surface area contributed by atoms with Crippen molar-refractivity contribution in [3.63, 3.8) is 0 Å². The second kappa shape index (κ2) is 6.27. The van der Waals surface area contributed by atoms with Crippen LogP contribution in [0.5, 0.6) is 0 Å². The summed E-state index contributed by atoms with van der Waals surface area (Å²) in [7, 11) is 0. The molecule has 1 fully saturated rings. The minimum atomic E-state index is -0.696. The van der Waals surface area contributed by atoms with E-state index in [1.54, 1.807) is 0 Å². The van der Waals surface area contributed by atoms with Crippen LogP contribution >= 0.6 is 11.8 Å². The molecule has 1 rings (SSSR count). The van der Waals surface area contributed by atoms with Crippen LogP contribution in [0.1, 0.15) is 19.3 Å². The molecule has 1 unspecified atom stereocenters. The van der Waals surface area contributed by atoms with Gasteiger partial charge in [-0.3, -0.25) is 4.79 Å². The van der Waals surface area contributed by atoms with Crippen molar-refractivity contribution in [1.29, 1.82) is 0 Å². The van der Waals surface area contributed by atoms with Gasteiger partial charge in [-0.25, -0.2) is 0 Å². The summed E-state index contributed by atoms with van der Waals surface area (Å²) < 4.78 is 0. The number of hydrogen-bond acceptors (Lipinski definition) is 3. The Kier molecular flexibility index (Phi) is 5.23. The minimum absolute atomic E-state index is 0.284. The summed E-state index contributed by atoms with van der Waals surface area (Å²) in [6, 6.07) is 0. The first-order chi connectivity index (χ1) is 6.29. The SMILES string of the molecule is O=C(O)CCCNCC1CCSC1. The van der Waals surface area contributed by atoms with Gasteiger partial charge in [0.2, 0.25) is 0 Å². The summed E-state index contributed by atoms with van der Waals surface area (Å²) >= 11 is 2.02. The zero-order chi connectivity index (χ0) is 9.52. The van der Waals surface area contributed by atoms with Gasteiger partial charge >= 0.3 is 5.97 Å². The molecule has 13 heavy (non-hydrogen) atoms. The Morgan fingerprint density at radius 2 is 2.46 bits per heavy atom. The second-order valence-electron chi connectivity index (χ2n) is 3.43. The Balaban J connectivity index is 1.86. The van der Waals surface area contributed by atoms with Crippen LogP contribution in [0.3, 0.4) is 0 Å². The Morgan fingerprint density at radius 1 is 1.62 bits per heavy atom. The van der Waals surface area contributed by atoms with Crippen molar-refractivity contribution in [2.75, 3.05) is 24.6 Å². The van der Waals surface area contributed by atoms with Gasteiger partial charge in [0.1, 0.15) is 0 Å². The van der Waals surface area contributed by atoms with Crippen LogP contribution in [-0.4, -0.2) is 35.7 Å². The molecule has 1 aliphatic heterocycles. The van der Waals surface area contributed by atoms with Crippen LogP contribution in [0.4, 0.5) is 0 Å². The highest BCUT2D eigenvalue weighted by molar-refractivity contribution is 7.99. The number of thioether (sulfide) groups is 1. The van der Waals surface area contributed by atoms with E-state index in [2.05, 4.69) is 5.32 Å². The summed E-state index contributed by atoms with van der Waals surface area (Å²) in [5.41, 5.74) is 0. The van der Waals surface area contributed by atoms with E-state index in [4.69, 9.17) is 5.11 Å². The first-order valence-electron chi connectivity index (χ1n) is 4.79. The largest absolute Gasteiger partial charge is 0.481 e. The summed E-state index contributed by atoms with van der Waals surface area (Å²) in [5.74, 6) is 2.68. The fraction of sp³-hybridized carbons (Fsp3) is 0.889. The van der Waals surface area contributed by atoms with Crippen molar-refractivity contribution in [2.24, 2.45) is 5.92 Å². The third-order valence-corrected chi connectivity index (χ3v) is 3.43. The first-order valence-corrected chi connectivity index (χ1v) is 5.95. The fourth-order valence-electron chi connectivity index (χ4n) is 1.42. The molecule has 0 amide bonds. The van der Waals surface area contributed by atoms with Gasteiger partial charge < -0.3 is 10.4 Å². The average molecular weight is 203 g/mol. The van der Waals surface area contributed by atoms with Gasteiger partial charge in [-0.2, -0.15) is 11.8 Å². The lowest BCUT2D eigenvalue weighted by Crippen LogP contribution is -2.24. The Hall–Kier alpha value is -0.220. The van der Waals surface area contributed by atoms with E-state index in [0.717, 1.165) is 25.4 Å². The van der Waals surface area contributed by atoms with Crippen LogP contribution in [-0.2, 0) is 4.79 Å². The Morgan fingerprint density at radius 3 is 3.08 bits per heavy atom. The average Bonchev–Trinajstić information content (AvgIpc) is 2.55. The molecular formula is C9H17NO2S. The fourth-order valence-corrected chi connectivity index (χ4v) is 2.70. The monoisotopic (exact) mass is 203 g/mol. The van der Waals surface area contributed by atoms with E-state index in [-0.39, 0.29) is 6.42 Å². The maximum atomic E-state index is 10.2. The van der Waals surface area contributed by atoms with E-state index in [1.807, 2.05) is 11.8 Å². The van der Waals surface area contributed by atoms with Crippen molar-refractivity contribution in [3.8, 4) is 0 Å². The Bertz CT molecular complexity index is 158. The van der Waals surface area contributed by atoms with Gasteiger partial charge in [0.25, 0.3) is 0 Å². The van der Waals surface area contributed by atoms with Gasteiger partial charge in [0.05, 0.1) is 0 Å². The Labute approximate surface area is 83.3 Å². The van der Waals surface area contributed by atoms with Crippen LogP contribution in [0.25, 0.3) is 0 Å². The lowest BCUT2D eigenvalue weighted by Gasteiger charge is -2.08. The molecule has 3 nitrogen and oxygen atoms in total. The second-order valence-corrected chi connectivity index (χ2v) is 4.58. The van der Waals surface area contributed by atoms with Crippen molar-refractivity contribution < 1.29 is 9.90 Å². The van der Waals surface area contributed by atoms with Crippen molar-refractivity contribution in [3.05, 3.63) is 0 Å². The molecule has 0 aromatic heterocycles. The van der Waals surface area contributed by atoms with E-state index >= 15 is 0 Å². The summed E-state index contributed by atoms with van der Waals surface area (Å²) in [4.78, 5) is 10.2. The van der Waals surface area contributed by atoms with Crippen LogP contribution in [0, 0.1) is 5.92 Å². The predicted molar refractivity (Wildman–Crippen MR) is 55.2 cm³/mol. The molecule has 1 aliphatic rings. The molecule has 1 atom stereocenters. The normalized spacial score (nSPS) is 22.0. The number of hydrogen-bond donors (Lipinski definition) is 2. The topological polar surface area (TPSA) is 49.3 Å². The molecule has 76 valence electrons. The first kappa shape index (κ1) is 10.9. The molecule has 0 spiro atoms. The van der Waals surface area contributed by atoms with Crippen molar-refractivity contribution in [2.45, 2.75) is 19.3 Å². The lowest BCUT2D eigenvalue weighted by molar-refractivity contribution is -0.137. The van der Waals surface area contributed by atoms with Gasteiger partial charge in [-0.1, -0.05) is 0 Å². The molecule has 0 aromatic rings. The quantitative estimate of drug-likeness (QED) is 0.637. The highest BCUT2D eigenvalue weighted by Gasteiger charge is 2.14. The van der Waals surface area contributed by atoms with Crippen LogP contribution in [0.15, 0.2) is 0 Å². The number of aliphatic carboxylic acids is 1. The molecule has 1 saturated heterocycles. The zero-order valence-electron chi connectivity index (χ0n) is 7.79. The van der Waals surface area contributed by atoms with Crippen molar-refractivity contribution >= 4 is 17.7 Å². The van der Waals surface area contributed by atoms with Crippen LogP contribution in [0.2, 0.25) is 0 Å². The third-order valence-electron chi connectivity index (χ3n) is 2.20. The summed E-state index contributed by atoms with van der Waals surface area (Å²) in [6.07, 6.45) is 2.35. The molecule has 0 bridgehead atoms. The lowest BCUT2D eigenvalue weighted by atomic mass is 10.1. The van der Waals surface area contributed by atoms with Gasteiger partial charge in [0.15, 0.2) is 0 Å². The summed E-state index contributed by atoms with van der Waals surface area (Å²) in [6.45, 7) is 1.90. The predicted octanol–water partition coefficient (Wildman–Crippen LogP) is 1.19. The molecule has 0 saturated carbocycles. The molecule has 0 aliphatic carbocycles. The van der Waals surface area contributed by atoms with Gasteiger partial charge in [0, 0.05) is 6.42 Å². The van der Waals surface area contributed by atoms with Gasteiger partial charge in [-0.05, 0) is 43.4 Å². The van der Waals surface area contributed by atoms with Crippen LogP contribution < -0.4 is 5.32 Å². The van der Waals surface area contributed by atoms with Gasteiger partial charge in [-0.15, -0.1) is 0 Å². The van der Waals surface area contributed by atoms with Crippen molar-refractivity contribution in [1.82, 2.24) is 5.32 Å². The van der Waals surface area contributed by atoms with E-state index in [1.165, 1.54) is 17.9 Å². The number of rotatable bonds is 6. The molecule has 0 aromatic carbocycles. The molecule has 1 heterocycles. The maximum absolute atomic E-state index is 10.2. The smallest absolute Gasteiger partial charge is 0.303 e. The number of carbonyl (C=O) groups is 1. The molecular weight excluding hydrogens is 186 g/mol. The third kappa shape index (κ3) is 5.16. The number of carboxylic acid groups (broad SMARTS) is 1. The highest BCUT2D eigenvalue weighted by Crippen LogP contribution is 2.22. The molecule has 4 heteroatoms. The zero-order valence-corrected chi connectivity index (χ0v) is 8.61. The van der Waals surface area contributed by atoms with E-state index < -0.39 is 5.97 Å². The van der Waals surface area contributed by atoms with E-state index in [0.29, 0.717) is 0 Å².